The molecule has 2 aromatic rings. The zero-order valence-electron chi connectivity index (χ0n) is 19.2. The molecule has 7 nitrogen and oxygen atoms in total. The summed E-state index contributed by atoms with van der Waals surface area (Å²) in [5, 5.41) is 3.47. The van der Waals surface area contributed by atoms with E-state index in [1.54, 1.807) is 0 Å². The quantitative estimate of drug-likeness (QED) is 0.750. The first-order valence-electron chi connectivity index (χ1n) is 11.9. The zero-order chi connectivity index (χ0) is 22.1. The Morgan fingerprint density at radius 2 is 1.97 bits per heavy atom. The number of piperazine rings is 1. The number of benzene rings is 1. The lowest BCUT2D eigenvalue weighted by molar-refractivity contribution is 0.300. The van der Waals surface area contributed by atoms with Crippen LogP contribution in [0.2, 0.25) is 0 Å². The fourth-order valence-electron chi connectivity index (χ4n) is 5.14. The monoisotopic (exact) mass is 433 g/mol. The highest BCUT2D eigenvalue weighted by atomic mass is 15.3. The summed E-state index contributed by atoms with van der Waals surface area (Å²) in [4.78, 5) is 16.2. The minimum Gasteiger partial charge on any atom is -0.371 e. The SMILES string of the molecule is C=C(CC1CCNC1)N1CCc2ccc(-c3cc(N4CCN(C)CC4)nc(N)n3)cc2C1. The highest BCUT2D eigenvalue weighted by molar-refractivity contribution is 5.66. The third-order valence-corrected chi connectivity index (χ3v) is 7.21. The summed E-state index contributed by atoms with van der Waals surface area (Å²) < 4.78 is 0. The molecule has 0 spiro atoms. The number of nitrogens with two attached hydrogens (primary N) is 1. The Morgan fingerprint density at radius 3 is 2.75 bits per heavy atom. The van der Waals surface area contributed by atoms with E-state index in [0.717, 1.165) is 88.2 Å². The normalized spacial score (nSPS) is 21.6. The van der Waals surface area contributed by atoms with Gasteiger partial charge in [-0.25, -0.2) is 4.98 Å². The number of fused-ring (bicyclic) bond motifs is 1. The van der Waals surface area contributed by atoms with Gasteiger partial charge in [0.2, 0.25) is 5.95 Å². The Hall–Kier alpha value is -2.64. The lowest BCUT2D eigenvalue weighted by atomic mass is 9.94. The van der Waals surface area contributed by atoms with Crippen LogP contribution >= 0.6 is 0 Å². The van der Waals surface area contributed by atoms with Crippen LogP contribution in [0.1, 0.15) is 24.0 Å². The topological polar surface area (TPSA) is 73.5 Å². The van der Waals surface area contributed by atoms with Gasteiger partial charge in [0, 0.05) is 56.6 Å². The number of anilines is 2. The molecule has 0 amide bonds. The average molecular weight is 434 g/mol. The summed E-state index contributed by atoms with van der Waals surface area (Å²) >= 11 is 0. The molecular formula is C25H35N7. The van der Waals surface area contributed by atoms with Crippen molar-refractivity contribution in [3.8, 4) is 11.3 Å². The molecule has 7 heteroatoms. The van der Waals surface area contributed by atoms with E-state index in [-0.39, 0.29) is 0 Å². The van der Waals surface area contributed by atoms with E-state index in [1.807, 2.05) is 0 Å². The first kappa shape index (κ1) is 21.2. The summed E-state index contributed by atoms with van der Waals surface area (Å²) in [6.07, 6.45) is 3.42. The van der Waals surface area contributed by atoms with E-state index < -0.39 is 0 Å². The van der Waals surface area contributed by atoms with Gasteiger partial charge in [0.15, 0.2) is 0 Å². The van der Waals surface area contributed by atoms with Crippen LogP contribution in [0.4, 0.5) is 11.8 Å². The molecule has 0 bridgehead atoms. The maximum atomic E-state index is 6.12. The minimum atomic E-state index is 0.342. The standard InChI is InChI=1S/C25H35N7/c1-18(13-19-5-7-27-16-19)32-8-6-20-3-4-21(14-22(20)17-32)23-15-24(29-25(26)28-23)31-11-9-30(2)10-12-31/h3-4,14-15,19,27H,1,5-13,16-17H2,2H3,(H2,26,28,29). The summed E-state index contributed by atoms with van der Waals surface area (Å²) in [5.74, 6) is 2.00. The Morgan fingerprint density at radius 1 is 1.12 bits per heavy atom. The second-order valence-corrected chi connectivity index (χ2v) is 9.54. The number of allylic oxidation sites excluding steroid dienone is 1. The van der Waals surface area contributed by atoms with Crippen LogP contribution in [0, 0.1) is 5.92 Å². The lowest BCUT2D eigenvalue weighted by Gasteiger charge is -2.34. The van der Waals surface area contributed by atoms with E-state index in [4.69, 9.17) is 5.73 Å². The molecule has 0 saturated carbocycles. The fourth-order valence-corrected chi connectivity index (χ4v) is 5.14. The Kier molecular flexibility index (Phi) is 6.02. The van der Waals surface area contributed by atoms with Crippen molar-refractivity contribution in [2.24, 2.45) is 5.92 Å². The smallest absolute Gasteiger partial charge is 0.222 e. The maximum Gasteiger partial charge on any atom is 0.222 e. The summed E-state index contributed by atoms with van der Waals surface area (Å²) in [6, 6.07) is 8.83. The molecule has 3 aliphatic rings. The van der Waals surface area contributed by atoms with Gasteiger partial charge >= 0.3 is 0 Å². The van der Waals surface area contributed by atoms with Crippen molar-refractivity contribution in [1.29, 1.82) is 0 Å². The average Bonchev–Trinajstić information content (AvgIpc) is 3.31. The molecule has 170 valence electrons. The number of aromatic nitrogens is 2. The van der Waals surface area contributed by atoms with Crippen molar-refractivity contribution in [1.82, 2.24) is 25.1 Å². The Labute approximate surface area is 191 Å². The number of likely N-dealkylation sites (N-methyl/N-ethyl adjacent to an activating group) is 1. The molecule has 0 aliphatic carbocycles. The first-order valence-corrected chi connectivity index (χ1v) is 11.9. The van der Waals surface area contributed by atoms with Crippen molar-refractivity contribution in [3.63, 3.8) is 0 Å². The van der Waals surface area contributed by atoms with Gasteiger partial charge in [-0.15, -0.1) is 0 Å². The predicted molar refractivity (Wildman–Crippen MR) is 130 cm³/mol. The third kappa shape index (κ3) is 4.59. The highest BCUT2D eigenvalue weighted by Gasteiger charge is 2.22. The molecule has 4 heterocycles. The van der Waals surface area contributed by atoms with Gasteiger partial charge in [0.1, 0.15) is 5.82 Å². The number of hydrogen-bond acceptors (Lipinski definition) is 7. The van der Waals surface area contributed by atoms with Crippen molar-refractivity contribution in [2.75, 3.05) is 63.5 Å². The molecule has 1 aromatic carbocycles. The van der Waals surface area contributed by atoms with Crippen molar-refractivity contribution in [2.45, 2.75) is 25.8 Å². The Balaban J connectivity index is 1.34. The van der Waals surface area contributed by atoms with Crippen LogP contribution in [-0.4, -0.2) is 72.6 Å². The molecular weight excluding hydrogens is 398 g/mol. The van der Waals surface area contributed by atoms with Crippen LogP contribution < -0.4 is 16.0 Å². The van der Waals surface area contributed by atoms with Crippen LogP contribution in [-0.2, 0) is 13.0 Å². The number of hydrogen-bond donors (Lipinski definition) is 2. The van der Waals surface area contributed by atoms with Crippen LogP contribution in [0.3, 0.4) is 0 Å². The second-order valence-electron chi connectivity index (χ2n) is 9.54. The van der Waals surface area contributed by atoms with E-state index in [0.29, 0.717) is 5.95 Å². The fraction of sp³-hybridized carbons (Fsp3) is 0.520. The van der Waals surface area contributed by atoms with Gasteiger partial charge in [-0.05, 0) is 62.5 Å². The van der Waals surface area contributed by atoms with Gasteiger partial charge in [-0.3, -0.25) is 0 Å². The molecule has 5 rings (SSSR count). The molecule has 1 aromatic heterocycles. The summed E-state index contributed by atoms with van der Waals surface area (Å²) in [6.45, 7) is 12.7. The first-order chi connectivity index (χ1) is 15.5. The number of nitrogens with one attached hydrogen (secondary N) is 1. The molecule has 32 heavy (non-hydrogen) atoms. The summed E-state index contributed by atoms with van der Waals surface area (Å²) in [5.41, 5.74) is 12.2. The number of nitrogen functional groups attached to an aromatic ring is 1. The third-order valence-electron chi connectivity index (χ3n) is 7.21. The van der Waals surface area contributed by atoms with E-state index in [1.165, 1.54) is 23.2 Å². The molecule has 2 fully saturated rings. The zero-order valence-corrected chi connectivity index (χ0v) is 19.2. The maximum absolute atomic E-state index is 6.12. The van der Waals surface area contributed by atoms with E-state index in [9.17, 15) is 0 Å². The number of rotatable bonds is 5. The predicted octanol–water partition coefficient (Wildman–Crippen LogP) is 2.35. The molecule has 1 atom stereocenters. The van der Waals surface area contributed by atoms with Crippen LogP contribution in [0.15, 0.2) is 36.5 Å². The van der Waals surface area contributed by atoms with Gasteiger partial charge in [0.05, 0.1) is 5.69 Å². The largest absolute Gasteiger partial charge is 0.371 e. The molecule has 3 N–H and O–H groups in total. The van der Waals surface area contributed by atoms with Crippen LogP contribution in [0.5, 0.6) is 0 Å². The lowest BCUT2D eigenvalue weighted by Crippen LogP contribution is -2.44. The van der Waals surface area contributed by atoms with Gasteiger partial charge in [0.25, 0.3) is 0 Å². The van der Waals surface area contributed by atoms with Crippen molar-refractivity contribution < 1.29 is 0 Å². The van der Waals surface area contributed by atoms with Gasteiger partial charge < -0.3 is 25.8 Å². The van der Waals surface area contributed by atoms with Crippen molar-refractivity contribution >= 4 is 11.8 Å². The Bertz CT molecular complexity index is 974. The van der Waals surface area contributed by atoms with E-state index in [2.05, 4.69) is 67.9 Å². The van der Waals surface area contributed by atoms with E-state index >= 15 is 0 Å². The summed E-state index contributed by atoms with van der Waals surface area (Å²) in [7, 11) is 2.16. The van der Waals surface area contributed by atoms with Gasteiger partial charge in [-0.1, -0.05) is 18.7 Å². The molecule has 3 aliphatic heterocycles. The van der Waals surface area contributed by atoms with Crippen molar-refractivity contribution in [3.05, 3.63) is 47.7 Å². The second kappa shape index (κ2) is 9.08. The van der Waals surface area contributed by atoms with Crippen LogP contribution in [0.25, 0.3) is 11.3 Å². The molecule has 2 saturated heterocycles. The minimum absolute atomic E-state index is 0.342. The highest BCUT2D eigenvalue weighted by Crippen LogP contribution is 2.30. The van der Waals surface area contributed by atoms with Gasteiger partial charge in [-0.2, -0.15) is 4.98 Å². The molecule has 1 unspecified atom stereocenters. The number of nitrogens with zero attached hydrogens (tertiary/aromatic N) is 5. The molecule has 0 radical (unpaired) electrons.